The summed E-state index contributed by atoms with van der Waals surface area (Å²) in [6.07, 6.45) is -0.541. The van der Waals surface area contributed by atoms with E-state index in [4.69, 9.17) is 28.0 Å². The Morgan fingerprint density at radius 2 is 1.72 bits per heavy atom. The number of nitrogens with one attached hydrogen (secondary N) is 3. The number of aliphatic hydroxyl groups excluding tert-OH is 1. The number of hydrogen-bond donors (Lipinski definition) is 9. The minimum absolute atomic E-state index is 0.0364. The highest BCUT2D eigenvalue weighted by Crippen LogP contribution is 2.20. The number of aliphatic hydroxyl groups is 1. The Balaban J connectivity index is 0.00000263. The SMILES string of the molecule is C=C(N)NC.CC(=O)C1CCCN1C(=O)C(NC(=O)C(CCCN=C(N)N)NC(=O)C(N)CC(=O)O)C(C)O. The Morgan fingerprint density at radius 3 is 2.18 bits per heavy atom. The zero-order valence-electron chi connectivity index (χ0n) is 22.7. The van der Waals surface area contributed by atoms with E-state index in [1.54, 1.807) is 7.05 Å². The minimum atomic E-state index is -1.40. The highest BCUT2D eigenvalue weighted by Gasteiger charge is 2.38. The van der Waals surface area contributed by atoms with Gasteiger partial charge in [0.1, 0.15) is 12.1 Å². The van der Waals surface area contributed by atoms with E-state index in [-0.39, 0.29) is 31.1 Å². The van der Waals surface area contributed by atoms with E-state index in [0.29, 0.717) is 25.2 Å². The van der Waals surface area contributed by atoms with Crippen molar-refractivity contribution >= 4 is 35.4 Å². The van der Waals surface area contributed by atoms with Crippen LogP contribution in [0.2, 0.25) is 0 Å². The maximum atomic E-state index is 13.0. The summed E-state index contributed by atoms with van der Waals surface area (Å²) >= 11 is 0. The van der Waals surface area contributed by atoms with Crippen molar-refractivity contribution in [1.82, 2.24) is 20.9 Å². The Morgan fingerprint density at radius 1 is 1.13 bits per heavy atom. The average Bonchev–Trinajstić information content (AvgIpc) is 3.33. The third-order valence-corrected chi connectivity index (χ3v) is 5.68. The first-order valence-electron chi connectivity index (χ1n) is 12.4. The zero-order chi connectivity index (χ0) is 30.3. The van der Waals surface area contributed by atoms with Crippen LogP contribution in [-0.4, -0.2) is 101 Å². The van der Waals surface area contributed by atoms with Gasteiger partial charge in [0.2, 0.25) is 17.7 Å². The largest absolute Gasteiger partial charge is 0.481 e. The van der Waals surface area contributed by atoms with E-state index >= 15 is 0 Å². The Bertz CT molecular complexity index is 906. The summed E-state index contributed by atoms with van der Waals surface area (Å²) in [5.74, 6) is -3.42. The molecule has 1 rings (SSSR count). The Kier molecular flexibility index (Phi) is 15.8. The van der Waals surface area contributed by atoms with E-state index in [9.17, 15) is 29.1 Å². The molecule has 1 fully saturated rings. The Hall–Kier alpha value is -3.92. The molecule has 13 N–H and O–H groups in total. The monoisotopic (exact) mass is 557 g/mol. The standard InChI is InChI=1S/C20H35N7O7.C3H8N2/c1-10(28)14-6-4-8-27(14)19(34)16(11(2)29)26-18(33)13(5-3-7-24-20(22)23)25-17(32)12(21)9-15(30)31;1-3(4)5-2/h11-14,16,29H,3-9,21H2,1-2H3,(H,25,32)(H,26,33)(H,30,31)(H4,22,23,24);5H,1,4H2,2H3. The predicted octanol–water partition coefficient (Wildman–Crippen LogP) is -3.59. The summed E-state index contributed by atoms with van der Waals surface area (Å²) in [7, 11) is 1.72. The van der Waals surface area contributed by atoms with Crippen LogP contribution in [0.1, 0.15) is 46.0 Å². The molecule has 1 aliphatic heterocycles. The number of carbonyl (C=O) groups is 5. The predicted molar refractivity (Wildman–Crippen MR) is 143 cm³/mol. The highest BCUT2D eigenvalue weighted by atomic mass is 16.4. The molecule has 5 atom stereocenters. The lowest BCUT2D eigenvalue weighted by Gasteiger charge is -2.30. The van der Waals surface area contributed by atoms with Gasteiger partial charge in [-0.1, -0.05) is 6.58 Å². The van der Waals surface area contributed by atoms with Crippen LogP contribution in [0.4, 0.5) is 0 Å². The molecule has 0 aromatic carbocycles. The number of aliphatic carboxylic acids is 1. The number of carbonyl (C=O) groups excluding carboxylic acids is 4. The minimum Gasteiger partial charge on any atom is -0.481 e. The molecule has 16 nitrogen and oxygen atoms in total. The first-order chi connectivity index (χ1) is 18.1. The molecule has 0 saturated carbocycles. The number of carboxylic acid groups (broad SMARTS) is 1. The number of Topliss-reactive ketones (excluding diaryl/α,β-unsaturated/α-hetero) is 1. The van der Waals surface area contributed by atoms with Gasteiger partial charge >= 0.3 is 5.97 Å². The first-order valence-corrected chi connectivity index (χ1v) is 12.4. The van der Waals surface area contributed by atoms with Crippen molar-refractivity contribution in [2.75, 3.05) is 20.1 Å². The summed E-state index contributed by atoms with van der Waals surface area (Å²) in [6.45, 7) is 6.49. The maximum Gasteiger partial charge on any atom is 0.305 e. The number of nitrogens with two attached hydrogens (primary N) is 4. The number of amides is 3. The van der Waals surface area contributed by atoms with Gasteiger partial charge in [0, 0.05) is 20.1 Å². The molecule has 1 heterocycles. The summed E-state index contributed by atoms with van der Waals surface area (Å²) in [6, 6.07) is -4.61. The first kappa shape index (κ1) is 35.1. The van der Waals surface area contributed by atoms with Crippen LogP contribution >= 0.6 is 0 Å². The van der Waals surface area contributed by atoms with Crippen molar-refractivity contribution in [2.45, 2.75) is 76.2 Å². The van der Waals surface area contributed by atoms with E-state index in [1.807, 2.05) is 0 Å². The number of rotatable bonds is 14. The molecule has 0 radical (unpaired) electrons. The van der Waals surface area contributed by atoms with Gasteiger partial charge in [0.05, 0.1) is 30.4 Å². The number of nitrogens with zero attached hydrogens (tertiary/aromatic N) is 2. The quantitative estimate of drug-likeness (QED) is 0.0569. The second-order valence-corrected chi connectivity index (χ2v) is 9.02. The van der Waals surface area contributed by atoms with Crippen LogP contribution in [-0.2, 0) is 24.0 Å². The van der Waals surface area contributed by atoms with Crippen LogP contribution in [0.25, 0.3) is 0 Å². The molecule has 3 amide bonds. The third-order valence-electron chi connectivity index (χ3n) is 5.68. The smallest absolute Gasteiger partial charge is 0.305 e. The molecule has 5 unspecified atom stereocenters. The molecule has 0 spiro atoms. The second-order valence-electron chi connectivity index (χ2n) is 9.02. The fourth-order valence-electron chi connectivity index (χ4n) is 3.61. The molecule has 16 heteroatoms. The molecule has 0 aromatic heterocycles. The molecular formula is C23H43N9O7. The van der Waals surface area contributed by atoms with Crippen molar-refractivity contribution in [3.05, 3.63) is 12.4 Å². The lowest BCUT2D eigenvalue weighted by Crippen LogP contribution is -2.59. The van der Waals surface area contributed by atoms with Crippen molar-refractivity contribution in [3.8, 4) is 0 Å². The van der Waals surface area contributed by atoms with Crippen LogP contribution in [0, 0.1) is 0 Å². The summed E-state index contributed by atoms with van der Waals surface area (Å²) in [4.78, 5) is 66.1. The summed E-state index contributed by atoms with van der Waals surface area (Å²) in [5, 5.41) is 26.4. The number of guanidine groups is 1. The zero-order valence-corrected chi connectivity index (χ0v) is 22.7. The van der Waals surface area contributed by atoms with Crippen molar-refractivity contribution in [1.29, 1.82) is 0 Å². The molecule has 39 heavy (non-hydrogen) atoms. The number of carboxylic acids is 1. The summed E-state index contributed by atoms with van der Waals surface area (Å²) in [5.41, 5.74) is 21.1. The third kappa shape index (κ3) is 13.4. The van der Waals surface area contributed by atoms with Gasteiger partial charge < -0.3 is 54.0 Å². The topological polar surface area (TPSA) is 282 Å². The molecular weight excluding hydrogens is 514 g/mol. The highest BCUT2D eigenvalue weighted by molar-refractivity contribution is 5.95. The number of likely N-dealkylation sites (tertiary alicyclic amines) is 1. The van der Waals surface area contributed by atoms with Crippen LogP contribution < -0.4 is 38.9 Å². The number of aliphatic imine (C=N–C) groups is 1. The van der Waals surface area contributed by atoms with Crippen molar-refractivity contribution in [3.63, 3.8) is 0 Å². The van der Waals surface area contributed by atoms with Gasteiger partial charge in [-0.25, -0.2) is 0 Å². The van der Waals surface area contributed by atoms with Gasteiger partial charge in [-0.2, -0.15) is 0 Å². The molecule has 1 saturated heterocycles. The fraction of sp³-hybridized carbons (Fsp3) is 0.652. The van der Waals surface area contributed by atoms with E-state index in [1.165, 1.54) is 18.7 Å². The lowest BCUT2D eigenvalue weighted by molar-refractivity contribution is -0.143. The van der Waals surface area contributed by atoms with E-state index < -0.39 is 60.4 Å². The van der Waals surface area contributed by atoms with Gasteiger partial charge in [-0.05, 0) is 39.5 Å². The van der Waals surface area contributed by atoms with E-state index in [0.717, 1.165) is 0 Å². The number of hydrogen-bond acceptors (Lipinski definition) is 10. The van der Waals surface area contributed by atoms with Crippen LogP contribution in [0.5, 0.6) is 0 Å². The molecule has 0 aliphatic carbocycles. The lowest BCUT2D eigenvalue weighted by atomic mass is 10.1. The normalized spacial score (nSPS) is 17.3. The van der Waals surface area contributed by atoms with Crippen molar-refractivity contribution in [2.24, 2.45) is 27.9 Å². The van der Waals surface area contributed by atoms with Crippen LogP contribution in [0.3, 0.4) is 0 Å². The van der Waals surface area contributed by atoms with E-state index in [2.05, 4.69) is 27.5 Å². The molecule has 0 bridgehead atoms. The van der Waals surface area contributed by atoms with Gasteiger partial charge in [0.25, 0.3) is 0 Å². The average molecular weight is 558 g/mol. The van der Waals surface area contributed by atoms with Crippen LogP contribution in [0.15, 0.2) is 17.4 Å². The Labute approximate surface area is 227 Å². The van der Waals surface area contributed by atoms with Gasteiger partial charge in [-0.15, -0.1) is 0 Å². The fourth-order valence-corrected chi connectivity index (χ4v) is 3.61. The maximum absolute atomic E-state index is 13.0. The summed E-state index contributed by atoms with van der Waals surface area (Å²) < 4.78 is 0. The van der Waals surface area contributed by atoms with Crippen molar-refractivity contribution < 1.29 is 34.2 Å². The van der Waals surface area contributed by atoms with Gasteiger partial charge in [-0.3, -0.25) is 29.0 Å². The second kappa shape index (κ2) is 17.6. The molecule has 0 aromatic rings. The molecule has 1 aliphatic rings. The van der Waals surface area contributed by atoms with Gasteiger partial charge in [0.15, 0.2) is 11.7 Å². The molecule has 222 valence electrons. The number of ketones is 1.